The molecule has 1 nitrogen and oxygen atoms in total. The van der Waals surface area contributed by atoms with Crippen molar-refractivity contribution in [2.45, 2.75) is 19.8 Å². The Morgan fingerprint density at radius 1 is 0.947 bits per heavy atom. The number of allylic oxidation sites excluding steroid dienone is 2. The summed E-state index contributed by atoms with van der Waals surface area (Å²) in [6, 6.07) is 17.2. The molecule has 2 aromatic rings. The molecule has 0 saturated carbocycles. The van der Waals surface area contributed by atoms with Crippen molar-refractivity contribution in [1.29, 1.82) is 0 Å². The van der Waals surface area contributed by atoms with Crippen LogP contribution < -0.4 is 0 Å². The topological polar surface area (TPSA) is 12.4 Å². The molecule has 1 aliphatic carbocycles. The van der Waals surface area contributed by atoms with E-state index < -0.39 is 0 Å². The zero-order chi connectivity index (χ0) is 12.8. The molecule has 0 unspecified atom stereocenters. The van der Waals surface area contributed by atoms with E-state index in [1.807, 2.05) is 0 Å². The Morgan fingerprint density at radius 2 is 1.68 bits per heavy atom. The molecule has 0 aromatic heterocycles. The number of benzene rings is 2. The molecule has 0 amide bonds. The Bertz CT molecular complexity index is 735. The summed E-state index contributed by atoms with van der Waals surface area (Å²) in [6.07, 6.45) is 2.02. The highest BCUT2D eigenvalue weighted by molar-refractivity contribution is 6.36. The first-order chi connectivity index (χ1) is 9.38. The van der Waals surface area contributed by atoms with Gasteiger partial charge in [0.15, 0.2) is 0 Å². The highest BCUT2D eigenvalue weighted by Crippen LogP contribution is 2.44. The van der Waals surface area contributed by atoms with Crippen molar-refractivity contribution in [1.82, 2.24) is 0 Å². The summed E-state index contributed by atoms with van der Waals surface area (Å²) in [5.74, 6) is 0. The second-order valence-corrected chi connectivity index (χ2v) is 5.12. The van der Waals surface area contributed by atoms with Gasteiger partial charge in [0.1, 0.15) is 0 Å². The third kappa shape index (κ3) is 1.45. The fourth-order valence-electron chi connectivity index (χ4n) is 3.26. The van der Waals surface area contributed by atoms with Crippen LogP contribution in [0.4, 0.5) is 5.69 Å². The predicted molar refractivity (Wildman–Crippen MR) is 80.8 cm³/mol. The number of nitrogens with zero attached hydrogens (tertiary/aromatic N) is 1. The van der Waals surface area contributed by atoms with E-state index in [4.69, 9.17) is 4.99 Å². The molecule has 0 bridgehead atoms. The van der Waals surface area contributed by atoms with Gasteiger partial charge in [-0.2, -0.15) is 0 Å². The third-order valence-electron chi connectivity index (χ3n) is 4.07. The van der Waals surface area contributed by atoms with Crippen molar-refractivity contribution in [3.8, 4) is 0 Å². The zero-order valence-electron chi connectivity index (χ0n) is 11.0. The second-order valence-electron chi connectivity index (χ2n) is 5.12. The second kappa shape index (κ2) is 3.92. The monoisotopic (exact) mass is 245 g/mol. The van der Waals surface area contributed by atoms with E-state index in [1.165, 1.54) is 33.5 Å². The van der Waals surface area contributed by atoms with Gasteiger partial charge in [-0.25, -0.2) is 0 Å². The van der Waals surface area contributed by atoms with Crippen LogP contribution >= 0.6 is 0 Å². The SMILES string of the molecule is CCC1=C2C(=Nc3ccccc32)Cc2ccccc21. The summed E-state index contributed by atoms with van der Waals surface area (Å²) in [5.41, 5.74) is 9.35. The zero-order valence-corrected chi connectivity index (χ0v) is 11.0. The lowest BCUT2D eigenvalue weighted by molar-refractivity contribution is 1.20. The normalized spacial score (nSPS) is 15.7. The lowest BCUT2D eigenvalue weighted by Crippen LogP contribution is -2.12. The Kier molecular flexibility index (Phi) is 2.22. The van der Waals surface area contributed by atoms with Gasteiger partial charge >= 0.3 is 0 Å². The summed E-state index contributed by atoms with van der Waals surface area (Å²) in [4.78, 5) is 4.83. The largest absolute Gasteiger partial charge is 0.252 e. The smallest absolute Gasteiger partial charge is 0.0712 e. The number of fused-ring (bicyclic) bond motifs is 4. The van der Waals surface area contributed by atoms with E-state index in [-0.39, 0.29) is 0 Å². The van der Waals surface area contributed by atoms with Crippen LogP contribution in [-0.4, -0.2) is 5.71 Å². The molecule has 2 aliphatic rings. The molecule has 0 spiro atoms. The summed E-state index contributed by atoms with van der Waals surface area (Å²) in [5, 5.41) is 0. The molecule has 19 heavy (non-hydrogen) atoms. The van der Waals surface area contributed by atoms with E-state index in [9.17, 15) is 0 Å². The molecule has 0 atom stereocenters. The van der Waals surface area contributed by atoms with Crippen LogP contribution in [0.5, 0.6) is 0 Å². The van der Waals surface area contributed by atoms with Gasteiger partial charge in [0.05, 0.1) is 11.4 Å². The van der Waals surface area contributed by atoms with Gasteiger partial charge in [-0.3, -0.25) is 4.99 Å². The van der Waals surface area contributed by atoms with Crippen LogP contribution in [0.1, 0.15) is 30.0 Å². The van der Waals surface area contributed by atoms with Crippen LogP contribution in [-0.2, 0) is 6.42 Å². The van der Waals surface area contributed by atoms with Crippen LogP contribution in [0, 0.1) is 0 Å². The van der Waals surface area contributed by atoms with E-state index in [2.05, 4.69) is 55.5 Å². The van der Waals surface area contributed by atoms with Crippen LogP contribution in [0.25, 0.3) is 11.1 Å². The molecule has 1 aliphatic heterocycles. The highest BCUT2D eigenvalue weighted by atomic mass is 14.8. The van der Waals surface area contributed by atoms with E-state index >= 15 is 0 Å². The first-order valence-electron chi connectivity index (χ1n) is 6.87. The number of rotatable bonds is 1. The van der Waals surface area contributed by atoms with Crippen molar-refractivity contribution in [3.05, 3.63) is 65.2 Å². The highest BCUT2D eigenvalue weighted by Gasteiger charge is 2.28. The molecule has 0 N–H and O–H groups in total. The lowest BCUT2D eigenvalue weighted by atomic mass is 9.81. The van der Waals surface area contributed by atoms with Gasteiger partial charge in [0.2, 0.25) is 0 Å². The number of para-hydroxylation sites is 1. The molecule has 0 fully saturated rings. The lowest BCUT2D eigenvalue weighted by Gasteiger charge is -2.21. The van der Waals surface area contributed by atoms with Gasteiger partial charge in [0.25, 0.3) is 0 Å². The maximum atomic E-state index is 4.83. The van der Waals surface area contributed by atoms with E-state index in [1.54, 1.807) is 0 Å². The third-order valence-corrected chi connectivity index (χ3v) is 4.07. The summed E-state index contributed by atoms with van der Waals surface area (Å²) in [7, 11) is 0. The fraction of sp³-hybridized carbons (Fsp3) is 0.167. The van der Waals surface area contributed by atoms with Crippen LogP contribution in [0.3, 0.4) is 0 Å². The Morgan fingerprint density at radius 3 is 2.53 bits per heavy atom. The molecule has 0 radical (unpaired) electrons. The van der Waals surface area contributed by atoms with Gasteiger partial charge in [-0.05, 0) is 29.2 Å². The molecule has 4 rings (SSSR count). The van der Waals surface area contributed by atoms with Crippen molar-refractivity contribution in [3.63, 3.8) is 0 Å². The average molecular weight is 245 g/mol. The maximum Gasteiger partial charge on any atom is 0.0712 e. The minimum atomic E-state index is 0.962. The van der Waals surface area contributed by atoms with Gasteiger partial charge in [-0.15, -0.1) is 0 Å². The molecule has 2 aromatic carbocycles. The van der Waals surface area contributed by atoms with E-state index in [0.717, 1.165) is 18.5 Å². The van der Waals surface area contributed by atoms with Gasteiger partial charge in [-0.1, -0.05) is 49.4 Å². The maximum absolute atomic E-state index is 4.83. The van der Waals surface area contributed by atoms with Crippen LogP contribution in [0.2, 0.25) is 0 Å². The van der Waals surface area contributed by atoms with Gasteiger partial charge in [0, 0.05) is 17.6 Å². The van der Waals surface area contributed by atoms with E-state index in [0.29, 0.717) is 0 Å². The number of hydrogen-bond acceptors (Lipinski definition) is 1. The Labute approximate surface area is 113 Å². The molecule has 1 heteroatoms. The summed E-state index contributed by atoms with van der Waals surface area (Å²) >= 11 is 0. The first kappa shape index (κ1) is 10.7. The van der Waals surface area contributed by atoms with Crippen molar-refractivity contribution in [2.75, 3.05) is 0 Å². The number of hydrogen-bond donors (Lipinski definition) is 0. The summed E-state index contributed by atoms with van der Waals surface area (Å²) in [6.45, 7) is 2.24. The minimum Gasteiger partial charge on any atom is -0.252 e. The molecule has 92 valence electrons. The Hall–Kier alpha value is -2.15. The molecule has 1 heterocycles. The average Bonchev–Trinajstić information content (AvgIpc) is 2.82. The Balaban J connectivity index is 2.05. The quantitative estimate of drug-likeness (QED) is 0.693. The molecular formula is C18H15N. The van der Waals surface area contributed by atoms with Crippen molar-refractivity contribution in [2.24, 2.45) is 4.99 Å². The minimum absolute atomic E-state index is 0.962. The standard InChI is InChI=1S/C18H15N/c1-2-13-14-8-4-3-7-12(14)11-17-18(13)15-9-5-6-10-16(15)19-17/h3-10H,2,11H2,1H3. The molecule has 0 saturated heterocycles. The molecular weight excluding hydrogens is 230 g/mol. The van der Waals surface area contributed by atoms with Crippen LogP contribution in [0.15, 0.2) is 53.5 Å². The fourth-order valence-corrected chi connectivity index (χ4v) is 3.26. The van der Waals surface area contributed by atoms with Crippen molar-refractivity contribution >= 4 is 22.5 Å². The summed E-state index contributed by atoms with van der Waals surface area (Å²) < 4.78 is 0. The number of aliphatic imine (C=N–C) groups is 1. The van der Waals surface area contributed by atoms with Crippen molar-refractivity contribution < 1.29 is 0 Å². The van der Waals surface area contributed by atoms with Gasteiger partial charge < -0.3 is 0 Å². The first-order valence-corrected chi connectivity index (χ1v) is 6.87. The predicted octanol–water partition coefficient (Wildman–Crippen LogP) is 4.65.